The number of alkyl halides is 1. The minimum atomic E-state index is 0.0620. The maximum atomic E-state index is 5.81. The number of nitrogens with two attached hydrogens (primary N) is 1. The second kappa shape index (κ2) is 3.67. The molecule has 2 N–H and O–H groups in total. The summed E-state index contributed by atoms with van der Waals surface area (Å²) in [7, 11) is 0. The Morgan fingerprint density at radius 3 is 2.12 bits per heavy atom. The summed E-state index contributed by atoms with van der Waals surface area (Å²) < 4.78 is 0.0620. The maximum Gasteiger partial charge on any atom is 0.0677 e. The monoisotopic (exact) mass is 227 g/mol. The number of rotatable bonds is 3. The van der Waals surface area contributed by atoms with Gasteiger partial charge in [-0.3, -0.25) is 0 Å². The molecule has 0 amide bonds. The Bertz CT molecular complexity index is 61.5. The van der Waals surface area contributed by atoms with Crippen LogP contribution in [0.5, 0.6) is 0 Å². The van der Waals surface area contributed by atoms with Crippen molar-refractivity contribution >= 4 is 22.6 Å². The third kappa shape index (κ3) is 3.66. The van der Waals surface area contributed by atoms with Crippen LogP contribution in [0.4, 0.5) is 0 Å². The Labute approximate surface area is 65.2 Å². The van der Waals surface area contributed by atoms with Crippen molar-refractivity contribution in [1.29, 1.82) is 0 Å². The zero-order chi connectivity index (χ0) is 6.62. The lowest BCUT2D eigenvalue weighted by Gasteiger charge is -2.18. The summed E-state index contributed by atoms with van der Waals surface area (Å²) in [5.74, 6) is 0. The standard InChI is InChI=1S/C6H14IN/c1-3-5-6(7,8)4-2/h3-5,8H2,1-2H3. The smallest absolute Gasteiger partial charge is 0.0677 e. The molecule has 0 rings (SSSR count). The Balaban J connectivity index is 3.37. The summed E-state index contributed by atoms with van der Waals surface area (Å²) in [6.45, 7) is 4.29. The minimum absolute atomic E-state index is 0.0620. The third-order valence-electron chi connectivity index (χ3n) is 1.25. The van der Waals surface area contributed by atoms with Crippen molar-refractivity contribution < 1.29 is 0 Å². The molecule has 1 unspecified atom stereocenters. The average molecular weight is 227 g/mol. The molecular weight excluding hydrogens is 213 g/mol. The van der Waals surface area contributed by atoms with Crippen LogP contribution in [0.1, 0.15) is 33.1 Å². The van der Waals surface area contributed by atoms with Crippen LogP contribution in [0.2, 0.25) is 0 Å². The van der Waals surface area contributed by atoms with Gasteiger partial charge >= 0.3 is 0 Å². The topological polar surface area (TPSA) is 26.0 Å². The van der Waals surface area contributed by atoms with Crippen LogP contribution >= 0.6 is 22.6 Å². The molecule has 0 spiro atoms. The number of hydrogen-bond donors (Lipinski definition) is 1. The molecule has 0 aromatic rings. The Morgan fingerprint density at radius 2 is 2.00 bits per heavy atom. The van der Waals surface area contributed by atoms with E-state index in [-0.39, 0.29) is 3.55 Å². The summed E-state index contributed by atoms with van der Waals surface area (Å²) in [5, 5.41) is 0. The molecule has 0 aromatic carbocycles. The summed E-state index contributed by atoms with van der Waals surface area (Å²) >= 11 is 2.32. The maximum absolute atomic E-state index is 5.81. The molecule has 0 aliphatic heterocycles. The van der Waals surface area contributed by atoms with Gasteiger partial charge in [-0.1, -0.05) is 42.9 Å². The van der Waals surface area contributed by atoms with Crippen molar-refractivity contribution in [3.05, 3.63) is 0 Å². The van der Waals surface area contributed by atoms with E-state index in [0.29, 0.717) is 0 Å². The molecule has 0 bridgehead atoms. The summed E-state index contributed by atoms with van der Waals surface area (Å²) in [4.78, 5) is 0. The third-order valence-corrected chi connectivity index (χ3v) is 2.56. The highest BCUT2D eigenvalue weighted by molar-refractivity contribution is 14.1. The highest BCUT2D eigenvalue weighted by atomic mass is 127. The van der Waals surface area contributed by atoms with Gasteiger partial charge in [0, 0.05) is 0 Å². The number of hydrogen-bond acceptors (Lipinski definition) is 1. The molecule has 1 nitrogen and oxygen atoms in total. The lowest BCUT2D eigenvalue weighted by atomic mass is 10.1. The number of halogens is 1. The first-order valence-corrected chi connectivity index (χ1v) is 4.18. The van der Waals surface area contributed by atoms with Gasteiger partial charge in [-0.25, -0.2) is 0 Å². The second-order valence-corrected chi connectivity index (χ2v) is 4.29. The van der Waals surface area contributed by atoms with Crippen molar-refractivity contribution in [3.8, 4) is 0 Å². The quantitative estimate of drug-likeness (QED) is 0.446. The van der Waals surface area contributed by atoms with E-state index in [4.69, 9.17) is 5.73 Å². The lowest BCUT2D eigenvalue weighted by molar-refractivity contribution is 0.563. The Kier molecular flexibility index (Phi) is 3.98. The SMILES string of the molecule is CCCC(N)(I)CC. The summed E-state index contributed by atoms with van der Waals surface area (Å²) in [5.41, 5.74) is 5.81. The van der Waals surface area contributed by atoms with Gasteiger partial charge in [-0.2, -0.15) is 0 Å². The molecule has 0 heterocycles. The molecule has 0 saturated carbocycles. The predicted octanol–water partition coefficient (Wildman–Crippen LogP) is 2.29. The van der Waals surface area contributed by atoms with Crippen LogP contribution in [0.25, 0.3) is 0 Å². The fourth-order valence-electron chi connectivity index (χ4n) is 0.592. The molecule has 0 aliphatic carbocycles. The first-order valence-electron chi connectivity index (χ1n) is 3.10. The van der Waals surface area contributed by atoms with E-state index < -0.39 is 0 Å². The van der Waals surface area contributed by atoms with Crippen LogP contribution < -0.4 is 5.73 Å². The van der Waals surface area contributed by atoms with Crippen LogP contribution in [0, 0.1) is 0 Å². The van der Waals surface area contributed by atoms with Gasteiger partial charge in [0.15, 0.2) is 0 Å². The molecular formula is C6H14IN. The molecule has 2 heteroatoms. The van der Waals surface area contributed by atoms with Gasteiger partial charge in [0.25, 0.3) is 0 Å². The normalized spacial score (nSPS) is 18.0. The molecule has 50 valence electrons. The van der Waals surface area contributed by atoms with Crippen LogP contribution in [-0.2, 0) is 0 Å². The fraction of sp³-hybridized carbons (Fsp3) is 1.00. The minimum Gasteiger partial charge on any atom is -0.317 e. The molecule has 0 saturated heterocycles. The first kappa shape index (κ1) is 8.69. The Morgan fingerprint density at radius 1 is 1.50 bits per heavy atom. The van der Waals surface area contributed by atoms with Gasteiger partial charge in [0.05, 0.1) is 3.55 Å². The van der Waals surface area contributed by atoms with E-state index in [0.717, 1.165) is 12.8 Å². The zero-order valence-corrected chi connectivity index (χ0v) is 7.73. The van der Waals surface area contributed by atoms with Crippen LogP contribution in [-0.4, -0.2) is 3.55 Å². The summed E-state index contributed by atoms with van der Waals surface area (Å²) in [6, 6.07) is 0. The van der Waals surface area contributed by atoms with Crippen LogP contribution in [0.15, 0.2) is 0 Å². The lowest BCUT2D eigenvalue weighted by Crippen LogP contribution is -2.30. The van der Waals surface area contributed by atoms with Gasteiger partial charge in [-0.15, -0.1) is 0 Å². The van der Waals surface area contributed by atoms with E-state index in [1.54, 1.807) is 0 Å². The van der Waals surface area contributed by atoms with Crippen molar-refractivity contribution in [2.24, 2.45) is 5.73 Å². The second-order valence-electron chi connectivity index (χ2n) is 2.14. The van der Waals surface area contributed by atoms with Crippen molar-refractivity contribution in [2.75, 3.05) is 0 Å². The fourth-order valence-corrected chi connectivity index (χ4v) is 1.13. The molecule has 8 heavy (non-hydrogen) atoms. The van der Waals surface area contributed by atoms with E-state index in [1.807, 2.05) is 0 Å². The molecule has 0 fully saturated rings. The van der Waals surface area contributed by atoms with Crippen molar-refractivity contribution in [3.63, 3.8) is 0 Å². The molecule has 0 radical (unpaired) electrons. The van der Waals surface area contributed by atoms with Crippen molar-refractivity contribution in [1.82, 2.24) is 0 Å². The van der Waals surface area contributed by atoms with Gasteiger partial charge in [0.1, 0.15) is 0 Å². The van der Waals surface area contributed by atoms with E-state index >= 15 is 0 Å². The summed E-state index contributed by atoms with van der Waals surface area (Å²) in [6.07, 6.45) is 3.39. The van der Waals surface area contributed by atoms with E-state index in [9.17, 15) is 0 Å². The van der Waals surface area contributed by atoms with E-state index in [2.05, 4.69) is 36.4 Å². The Hall–Kier alpha value is 0.690. The largest absolute Gasteiger partial charge is 0.317 e. The van der Waals surface area contributed by atoms with Gasteiger partial charge < -0.3 is 5.73 Å². The highest BCUT2D eigenvalue weighted by Gasteiger charge is 2.14. The van der Waals surface area contributed by atoms with Gasteiger partial charge in [-0.05, 0) is 12.8 Å². The van der Waals surface area contributed by atoms with E-state index in [1.165, 1.54) is 6.42 Å². The average Bonchev–Trinajstić information content (AvgIpc) is 1.67. The zero-order valence-electron chi connectivity index (χ0n) is 5.58. The molecule has 0 aromatic heterocycles. The molecule has 1 atom stereocenters. The van der Waals surface area contributed by atoms with Crippen molar-refractivity contribution in [2.45, 2.75) is 36.7 Å². The molecule has 0 aliphatic rings. The predicted molar refractivity (Wildman–Crippen MR) is 46.1 cm³/mol. The first-order chi connectivity index (χ1) is 3.62. The van der Waals surface area contributed by atoms with Gasteiger partial charge in [0.2, 0.25) is 0 Å². The van der Waals surface area contributed by atoms with Crippen LogP contribution in [0.3, 0.4) is 0 Å². The highest BCUT2D eigenvalue weighted by Crippen LogP contribution is 2.21.